The molecule has 1 aromatic heterocycles. The first-order valence-electron chi connectivity index (χ1n) is 8.23. The maximum atomic E-state index is 4.67. The summed E-state index contributed by atoms with van der Waals surface area (Å²) in [7, 11) is 4.00. The van der Waals surface area contributed by atoms with Crippen molar-refractivity contribution in [1.29, 1.82) is 0 Å². The predicted octanol–water partition coefficient (Wildman–Crippen LogP) is 2.30. The third-order valence-corrected chi connectivity index (χ3v) is 4.16. The molecule has 0 radical (unpaired) electrons. The lowest BCUT2D eigenvalue weighted by molar-refractivity contribution is 0.373. The smallest absolute Gasteiger partial charge is 0.225 e. The average molecular weight is 300 g/mol. The Kier molecular flexibility index (Phi) is 5.99. The summed E-state index contributed by atoms with van der Waals surface area (Å²) < 4.78 is 0. The molecule has 1 fully saturated rings. The molecule has 0 spiro atoms. The molecular weight excluding hydrogens is 272 g/mol. The van der Waals surface area contributed by atoms with Crippen molar-refractivity contribution < 1.29 is 0 Å². The molecule has 0 atom stereocenters. The molecule has 0 amide bonds. The standard InChI is InChI=1S/C18H28N4/c1-5-6-12-16-14(2)20-18(21-17(16)22(3)4)19-13-15-10-8-7-9-11-15/h5-6,12,15H,2,7-11,13H2,1,3-4H3,(H,19,20)/b6-5-,16-12+. The van der Waals surface area contributed by atoms with Crippen LogP contribution in [0.5, 0.6) is 0 Å². The molecule has 4 nitrogen and oxygen atoms in total. The Bertz CT molecular complexity index is 613. The van der Waals surface area contributed by atoms with E-state index in [0.29, 0.717) is 5.95 Å². The van der Waals surface area contributed by atoms with Crippen molar-refractivity contribution in [3.8, 4) is 0 Å². The zero-order valence-electron chi connectivity index (χ0n) is 14.1. The van der Waals surface area contributed by atoms with Gasteiger partial charge in [-0.1, -0.05) is 38.0 Å². The first-order chi connectivity index (χ1) is 10.6. The first-order valence-corrected chi connectivity index (χ1v) is 8.23. The Balaban J connectivity index is 2.20. The van der Waals surface area contributed by atoms with Crippen LogP contribution in [0.3, 0.4) is 0 Å². The molecule has 1 aliphatic carbocycles. The Labute approximate surface area is 133 Å². The topological polar surface area (TPSA) is 41.1 Å². The molecule has 22 heavy (non-hydrogen) atoms. The minimum Gasteiger partial charge on any atom is -0.362 e. The Morgan fingerprint density at radius 2 is 1.95 bits per heavy atom. The monoisotopic (exact) mass is 300 g/mol. The van der Waals surface area contributed by atoms with Crippen LogP contribution in [-0.2, 0) is 0 Å². The van der Waals surface area contributed by atoms with Crippen LogP contribution in [0.1, 0.15) is 39.0 Å². The van der Waals surface area contributed by atoms with Crippen LogP contribution in [-0.4, -0.2) is 30.6 Å². The lowest BCUT2D eigenvalue weighted by Crippen LogP contribution is -2.35. The van der Waals surface area contributed by atoms with Crippen LogP contribution in [0.2, 0.25) is 0 Å². The van der Waals surface area contributed by atoms with Gasteiger partial charge in [-0.2, -0.15) is 4.98 Å². The third-order valence-electron chi connectivity index (χ3n) is 4.16. The molecule has 0 bridgehead atoms. The normalized spacial score (nSPS) is 17.1. The van der Waals surface area contributed by atoms with Gasteiger partial charge in [0.05, 0.1) is 5.35 Å². The van der Waals surface area contributed by atoms with Crippen molar-refractivity contribution in [2.45, 2.75) is 39.0 Å². The fraction of sp³-hybridized carbons (Fsp3) is 0.556. The Morgan fingerprint density at radius 1 is 1.23 bits per heavy atom. The van der Waals surface area contributed by atoms with E-state index in [9.17, 15) is 0 Å². The van der Waals surface area contributed by atoms with Gasteiger partial charge in [0, 0.05) is 25.9 Å². The van der Waals surface area contributed by atoms with Gasteiger partial charge in [0.25, 0.3) is 0 Å². The third kappa shape index (κ3) is 4.33. The summed E-state index contributed by atoms with van der Waals surface area (Å²) in [6, 6.07) is 0. The zero-order chi connectivity index (χ0) is 15.9. The second-order valence-electron chi connectivity index (χ2n) is 6.20. The van der Waals surface area contributed by atoms with Crippen LogP contribution < -0.4 is 20.8 Å². The maximum Gasteiger partial charge on any atom is 0.225 e. The van der Waals surface area contributed by atoms with Crippen LogP contribution in [0, 0.1) is 5.92 Å². The van der Waals surface area contributed by atoms with Gasteiger partial charge in [-0.15, -0.1) is 0 Å². The molecule has 0 saturated heterocycles. The van der Waals surface area contributed by atoms with Gasteiger partial charge in [0.2, 0.25) is 5.95 Å². The van der Waals surface area contributed by atoms with Crippen LogP contribution in [0.4, 0.5) is 11.8 Å². The second-order valence-corrected chi connectivity index (χ2v) is 6.20. The fourth-order valence-electron chi connectivity index (χ4n) is 2.91. The second kappa shape index (κ2) is 7.97. The van der Waals surface area contributed by atoms with Crippen LogP contribution in [0.15, 0.2) is 12.2 Å². The Hall–Kier alpha value is -1.84. The van der Waals surface area contributed by atoms with E-state index in [2.05, 4.69) is 21.9 Å². The molecule has 4 heteroatoms. The summed E-state index contributed by atoms with van der Waals surface area (Å²) in [5.74, 6) is 2.35. The molecular formula is C18H28N4. The van der Waals surface area contributed by atoms with Gasteiger partial charge >= 0.3 is 0 Å². The van der Waals surface area contributed by atoms with E-state index in [1.165, 1.54) is 32.1 Å². The van der Waals surface area contributed by atoms with Crippen molar-refractivity contribution in [2.75, 3.05) is 30.9 Å². The highest BCUT2D eigenvalue weighted by molar-refractivity contribution is 5.51. The molecule has 1 N–H and O–H groups in total. The van der Waals surface area contributed by atoms with Gasteiger partial charge in [-0.05, 0) is 31.8 Å². The van der Waals surface area contributed by atoms with Gasteiger partial charge in [-0.3, -0.25) is 0 Å². The molecule has 0 aromatic carbocycles. The SMILES string of the molecule is C=c1nc(NCC2CCCCC2)nc(N(C)C)/c1=C/C=C\C. The summed E-state index contributed by atoms with van der Waals surface area (Å²) in [6.07, 6.45) is 12.7. The first kappa shape index (κ1) is 16.5. The van der Waals surface area contributed by atoms with Gasteiger partial charge < -0.3 is 10.2 Å². The summed E-state index contributed by atoms with van der Waals surface area (Å²) in [5, 5.41) is 5.16. The number of allylic oxidation sites excluding steroid dienone is 2. The quantitative estimate of drug-likeness (QED) is 0.906. The summed E-state index contributed by atoms with van der Waals surface area (Å²) >= 11 is 0. The number of anilines is 2. The molecule has 1 aliphatic rings. The highest BCUT2D eigenvalue weighted by Gasteiger charge is 2.14. The van der Waals surface area contributed by atoms with E-state index in [0.717, 1.165) is 28.8 Å². The zero-order valence-corrected chi connectivity index (χ0v) is 14.1. The van der Waals surface area contributed by atoms with E-state index < -0.39 is 0 Å². The van der Waals surface area contributed by atoms with Crippen molar-refractivity contribution >= 4 is 24.4 Å². The average Bonchev–Trinajstić information content (AvgIpc) is 2.52. The minimum atomic E-state index is 0.692. The predicted molar refractivity (Wildman–Crippen MR) is 95.5 cm³/mol. The number of hydrogen-bond acceptors (Lipinski definition) is 4. The molecule has 1 saturated carbocycles. The number of rotatable bonds is 5. The van der Waals surface area contributed by atoms with Crippen molar-refractivity contribution in [1.82, 2.24) is 9.97 Å². The van der Waals surface area contributed by atoms with Crippen LogP contribution >= 0.6 is 0 Å². The lowest BCUT2D eigenvalue weighted by Gasteiger charge is -2.22. The van der Waals surface area contributed by atoms with E-state index in [1.807, 2.05) is 44.1 Å². The molecule has 2 rings (SSSR count). The van der Waals surface area contributed by atoms with Crippen LogP contribution in [0.25, 0.3) is 12.7 Å². The number of nitrogens with zero attached hydrogens (tertiary/aromatic N) is 3. The van der Waals surface area contributed by atoms with E-state index in [-0.39, 0.29) is 0 Å². The molecule has 1 heterocycles. The largest absolute Gasteiger partial charge is 0.362 e. The fourth-order valence-corrected chi connectivity index (χ4v) is 2.91. The van der Waals surface area contributed by atoms with Gasteiger partial charge in [0.15, 0.2) is 0 Å². The Morgan fingerprint density at radius 3 is 2.59 bits per heavy atom. The highest BCUT2D eigenvalue weighted by Crippen LogP contribution is 2.23. The number of aromatic nitrogens is 2. The van der Waals surface area contributed by atoms with E-state index in [1.54, 1.807) is 0 Å². The van der Waals surface area contributed by atoms with Crippen molar-refractivity contribution in [2.24, 2.45) is 5.92 Å². The summed E-state index contributed by atoms with van der Waals surface area (Å²) in [4.78, 5) is 11.2. The molecule has 1 aromatic rings. The van der Waals surface area contributed by atoms with E-state index >= 15 is 0 Å². The van der Waals surface area contributed by atoms with E-state index in [4.69, 9.17) is 0 Å². The van der Waals surface area contributed by atoms with Gasteiger partial charge in [0.1, 0.15) is 5.82 Å². The lowest BCUT2D eigenvalue weighted by atomic mass is 9.89. The van der Waals surface area contributed by atoms with Gasteiger partial charge in [-0.25, -0.2) is 4.98 Å². The molecule has 0 unspecified atom stereocenters. The maximum absolute atomic E-state index is 4.67. The minimum absolute atomic E-state index is 0.692. The summed E-state index contributed by atoms with van der Waals surface area (Å²) in [5.41, 5.74) is 0. The number of nitrogens with one attached hydrogen (secondary N) is 1. The van der Waals surface area contributed by atoms with Crippen molar-refractivity contribution in [3.63, 3.8) is 0 Å². The molecule has 120 valence electrons. The number of hydrogen-bond donors (Lipinski definition) is 1. The summed E-state index contributed by atoms with van der Waals surface area (Å²) in [6.45, 7) is 7.05. The molecule has 0 aliphatic heterocycles. The van der Waals surface area contributed by atoms with Crippen molar-refractivity contribution in [3.05, 3.63) is 22.7 Å². The highest BCUT2D eigenvalue weighted by atomic mass is 15.2.